The van der Waals surface area contributed by atoms with Crippen LogP contribution >= 0.6 is 15.9 Å². The van der Waals surface area contributed by atoms with Gasteiger partial charge in [0.25, 0.3) is 5.91 Å². The lowest BCUT2D eigenvalue weighted by atomic mass is 10.2. The van der Waals surface area contributed by atoms with Gasteiger partial charge in [-0.2, -0.15) is 0 Å². The van der Waals surface area contributed by atoms with E-state index in [-0.39, 0.29) is 11.7 Å². The zero-order valence-electron chi connectivity index (χ0n) is 16.1. The molecule has 0 aliphatic carbocycles. The summed E-state index contributed by atoms with van der Waals surface area (Å²) in [6.45, 7) is 3.95. The molecule has 5 nitrogen and oxygen atoms in total. The fourth-order valence-corrected chi connectivity index (χ4v) is 3.57. The van der Waals surface area contributed by atoms with Gasteiger partial charge in [0.15, 0.2) is 5.82 Å². The second-order valence-electron chi connectivity index (χ2n) is 6.74. The van der Waals surface area contributed by atoms with Crippen molar-refractivity contribution in [3.63, 3.8) is 0 Å². The largest absolute Gasteiger partial charge is 0.319 e. The highest BCUT2D eigenvalue weighted by Gasteiger charge is 2.20. The lowest BCUT2D eigenvalue weighted by Crippen LogP contribution is -2.15. The van der Waals surface area contributed by atoms with Gasteiger partial charge in [-0.15, -0.1) is 5.10 Å². The first-order chi connectivity index (χ1) is 14.0. The van der Waals surface area contributed by atoms with E-state index in [0.29, 0.717) is 5.82 Å². The van der Waals surface area contributed by atoms with E-state index in [1.54, 1.807) is 4.68 Å². The summed E-state index contributed by atoms with van der Waals surface area (Å²) >= 11 is 3.44. The Kier molecular flexibility index (Phi) is 5.27. The quantitative estimate of drug-likeness (QED) is 0.445. The summed E-state index contributed by atoms with van der Waals surface area (Å²) in [5, 5.41) is 7.46. The SMILES string of the molecule is Cc1cc(Br)ccc1NC(=O)c1nc(-c2ccccc2)n(-c2ccccc2C)n1. The van der Waals surface area contributed by atoms with Gasteiger partial charge in [-0.3, -0.25) is 4.79 Å². The predicted octanol–water partition coefficient (Wildman–Crippen LogP) is 5.57. The Bertz CT molecular complexity index is 1180. The number of para-hydroxylation sites is 1. The summed E-state index contributed by atoms with van der Waals surface area (Å²) in [6, 6.07) is 23.3. The second-order valence-corrected chi connectivity index (χ2v) is 7.65. The number of halogens is 1. The van der Waals surface area contributed by atoms with Crippen LogP contribution in [-0.4, -0.2) is 20.7 Å². The minimum Gasteiger partial charge on any atom is -0.319 e. The van der Waals surface area contributed by atoms with Crippen LogP contribution in [0.15, 0.2) is 77.3 Å². The summed E-state index contributed by atoms with van der Waals surface area (Å²) in [4.78, 5) is 17.5. The summed E-state index contributed by atoms with van der Waals surface area (Å²) in [5.41, 5.74) is 4.51. The molecule has 4 rings (SSSR count). The Morgan fingerprint density at radius 3 is 2.38 bits per heavy atom. The fraction of sp³-hybridized carbons (Fsp3) is 0.0870. The Morgan fingerprint density at radius 2 is 1.66 bits per heavy atom. The molecule has 3 aromatic carbocycles. The van der Waals surface area contributed by atoms with Crippen molar-refractivity contribution >= 4 is 27.5 Å². The second kappa shape index (κ2) is 8.01. The number of anilines is 1. The van der Waals surface area contributed by atoms with Gasteiger partial charge in [0.05, 0.1) is 5.69 Å². The van der Waals surface area contributed by atoms with E-state index >= 15 is 0 Å². The van der Waals surface area contributed by atoms with E-state index in [0.717, 1.165) is 32.5 Å². The number of carbonyl (C=O) groups is 1. The van der Waals surface area contributed by atoms with Crippen LogP contribution in [0.5, 0.6) is 0 Å². The Labute approximate surface area is 177 Å². The molecule has 0 fully saturated rings. The van der Waals surface area contributed by atoms with Crippen molar-refractivity contribution < 1.29 is 4.79 Å². The highest BCUT2D eigenvalue weighted by Crippen LogP contribution is 2.24. The van der Waals surface area contributed by atoms with Crippen LogP contribution in [0.4, 0.5) is 5.69 Å². The number of amides is 1. The van der Waals surface area contributed by atoms with Gasteiger partial charge in [-0.05, 0) is 49.2 Å². The van der Waals surface area contributed by atoms with Gasteiger partial charge in [0.1, 0.15) is 0 Å². The van der Waals surface area contributed by atoms with Crippen molar-refractivity contribution in [1.29, 1.82) is 0 Å². The number of benzene rings is 3. The average Bonchev–Trinajstić information content (AvgIpc) is 3.16. The monoisotopic (exact) mass is 446 g/mol. The van der Waals surface area contributed by atoms with E-state index < -0.39 is 0 Å². The van der Waals surface area contributed by atoms with Crippen molar-refractivity contribution in [3.8, 4) is 17.1 Å². The van der Waals surface area contributed by atoms with E-state index in [9.17, 15) is 4.79 Å². The average molecular weight is 447 g/mol. The van der Waals surface area contributed by atoms with Gasteiger partial charge in [0.2, 0.25) is 5.82 Å². The molecule has 4 aromatic rings. The molecule has 0 saturated carbocycles. The van der Waals surface area contributed by atoms with Crippen LogP contribution in [0.25, 0.3) is 17.1 Å². The molecule has 0 bridgehead atoms. The van der Waals surface area contributed by atoms with Crippen molar-refractivity contribution in [2.75, 3.05) is 5.32 Å². The molecule has 0 aliphatic rings. The van der Waals surface area contributed by atoms with Crippen molar-refractivity contribution in [2.45, 2.75) is 13.8 Å². The standard InChI is InChI=1S/C23H19BrN4O/c1-15-8-6-7-11-20(15)28-22(17-9-4-3-5-10-17)26-21(27-28)23(29)25-19-13-12-18(24)14-16(19)2/h3-14H,1-2H3,(H,25,29). The Morgan fingerprint density at radius 1 is 0.931 bits per heavy atom. The third kappa shape index (κ3) is 3.98. The molecule has 0 spiro atoms. The van der Waals surface area contributed by atoms with Crippen LogP contribution in [0.3, 0.4) is 0 Å². The molecule has 6 heteroatoms. The van der Waals surface area contributed by atoms with Gasteiger partial charge in [0, 0.05) is 15.7 Å². The van der Waals surface area contributed by atoms with Gasteiger partial charge in [-0.1, -0.05) is 64.5 Å². The van der Waals surface area contributed by atoms with E-state index in [4.69, 9.17) is 0 Å². The number of hydrogen-bond donors (Lipinski definition) is 1. The molecule has 1 aromatic heterocycles. The molecular weight excluding hydrogens is 428 g/mol. The van der Waals surface area contributed by atoms with E-state index in [1.807, 2.05) is 86.6 Å². The molecule has 1 heterocycles. The molecule has 0 saturated heterocycles. The number of nitrogens with one attached hydrogen (secondary N) is 1. The summed E-state index contributed by atoms with van der Waals surface area (Å²) in [7, 11) is 0. The number of nitrogens with zero attached hydrogens (tertiary/aromatic N) is 3. The number of carbonyl (C=O) groups excluding carboxylic acids is 1. The first-order valence-corrected chi connectivity index (χ1v) is 9.98. The normalized spacial score (nSPS) is 10.7. The molecule has 144 valence electrons. The zero-order chi connectivity index (χ0) is 20.4. The highest BCUT2D eigenvalue weighted by molar-refractivity contribution is 9.10. The van der Waals surface area contributed by atoms with Crippen molar-refractivity contribution in [2.24, 2.45) is 0 Å². The molecular formula is C23H19BrN4O. The fourth-order valence-electron chi connectivity index (χ4n) is 3.10. The number of aromatic nitrogens is 3. The third-order valence-corrected chi connectivity index (χ3v) is 5.12. The van der Waals surface area contributed by atoms with Crippen molar-refractivity contribution in [3.05, 3.63) is 94.2 Å². The minimum atomic E-state index is -0.347. The lowest BCUT2D eigenvalue weighted by Gasteiger charge is -2.08. The first-order valence-electron chi connectivity index (χ1n) is 9.19. The maximum absolute atomic E-state index is 12.9. The van der Waals surface area contributed by atoms with E-state index in [2.05, 4.69) is 31.3 Å². The molecule has 0 atom stereocenters. The van der Waals surface area contributed by atoms with Gasteiger partial charge >= 0.3 is 0 Å². The maximum atomic E-state index is 12.9. The smallest absolute Gasteiger partial charge is 0.295 e. The van der Waals surface area contributed by atoms with E-state index in [1.165, 1.54) is 0 Å². The Hall–Kier alpha value is -3.25. The minimum absolute atomic E-state index is 0.120. The highest BCUT2D eigenvalue weighted by atomic mass is 79.9. The first kappa shape index (κ1) is 19.1. The summed E-state index contributed by atoms with van der Waals surface area (Å²) < 4.78 is 2.69. The molecule has 29 heavy (non-hydrogen) atoms. The molecule has 1 N–H and O–H groups in total. The van der Waals surface area contributed by atoms with Crippen LogP contribution in [0, 0.1) is 13.8 Å². The van der Waals surface area contributed by atoms with Crippen LogP contribution < -0.4 is 5.32 Å². The number of rotatable bonds is 4. The van der Waals surface area contributed by atoms with Crippen molar-refractivity contribution in [1.82, 2.24) is 14.8 Å². The zero-order valence-corrected chi connectivity index (χ0v) is 17.6. The van der Waals surface area contributed by atoms with Crippen LogP contribution in [0.1, 0.15) is 21.7 Å². The topological polar surface area (TPSA) is 59.8 Å². The molecule has 0 aliphatic heterocycles. The van der Waals surface area contributed by atoms with Crippen LogP contribution in [-0.2, 0) is 0 Å². The van der Waals surface area contributed by atoms with Gasteiger partial charge in [-0.25, -0.2) is 9.67 Å². The lowest BCUT2D eigenvalue weighted by molar-refractivity contribution is 0.101. The predicted molar refractivity (Wildman–Crippen MR) is 118 cm³/mol. The third-order valence-electron chi connectivity index (χ3n) is 4.62. The Balaban J connectivity index is 1.77. The molecule has 0 unspecified atom stereocenters. The van der Waals surface area contributed by atoms with Gasteiger partial charge < -0.3 is 5.32 Å². The summed E-state index contributed by atoms with van der Waals surface area (Å²) in [6.07, 6.45) is 0. The molecule has 1 amide bonds. The molecule has 0 radical (unpaired) electrons. The maximum Gasteiger partial charge on any atom is 0.295 e. The van der Waals surface area contributed by atoms with Crippen LogP contribution in [0.2, 0.25) is 0 Å². The number of aryl methyl sites for hydroxylation is 2. The number of hydrogen-bond acceptors (Lipinski definition) is 3. The summed E-state index contributed by atoms with van der Waals surface area (Å²) in [5.74, 6) is 0.395.